The van der Waals surface area contributed by atoms with E-state index in [0.29, 0.717) is 19.0 Å². The van der Waals surface area contributed by atoms with Crippen molar-refractivity contribution < 1.29 is 9.90 Å². The zero-order valence-corrected chi connectivity index (χ0v) is 21.8. The molecule has 4 aliphatic rings. The lowest BCUT2D eigenvalue weighted by Gasteiger charge is -2.50. The second kappa shape index (κ2) is 9.53. The number of benzene rings is 1. The molecule has 0 atom stereocenters. The Balaban J connectivity index is 1.26. The van der Waals surface area contributed by atoms with Crippen LogP contribution < -0.4 is 20.4 Å². The Bertz CT molecular complexity index is 1090. The minimum absolute atomic E-state index is 0.0319. The molecule has 1 aromatic carbocycles. The van der Waals surface area contributed by atoms with Crippen molar-refractivity contribution in [2.75, 3.05) is 56.1 Å². The number of β-amino-alcohol motifs (C(OH)–C–C–N with tert-alkyl or cyclic N) is 1. The molecule has 2 aliphatic carbocycles. The summed E-state index contributed by atoms with van der Waals surface area (Å²) < 4.78 is 0. The first-order valence-corrected chi connectivity index (χ1v) is 13.8. The Morgan fingerprint density at radius 2 is 1.68 bits per heavy atom. The fourth-order valence-electron chi connectivity index (χ4n) is 6.76. The summed E-state index contributed by atoms with van der Waals surface area (Å²) in [6.45, 7) is 4.62. The summed E-state index contributed by atoms with van der Waals surface area (Å²) in [4.78, 5) is 29.2. The van der Waals surface area contributed by atoms with Gasteiger partial charge >= 0.3 is 6.03 Å². The van der Waals surface area contributed by atoms with Crippen LogP contribution in [0.25, 0.3) is 0 Å². The van der Waals surface area contributed by atoms with Crippen LogP contribution in [0.15, 0.2) is 42.7 Å². The molecule has 0 radical (unpaired) electrons. The van der Waals surface area contributed by atoms with Crippen molar-refractivity contribution in [1.29, 1.82) is 0 Å². The normalized spacial score (nSPS) is 29.6. The summed E-state index contributed by atoms with van der Waals surface area (Å²) >= 11 is 0. The van der Waals surface area contributed by atoms with Gasteiger partial charge in [-0.1, -0.05) is 30.3 Å². The quantitative estimate of drug-likeness (QED) is 0.555. The van der Waals surface area contributed by atoms with Crippen LogP contribution in [-0.2, 0) is 5.54 Å². The predicted molar refractivity (Wildman–Crippen MR) is 144 cm³/mol. The summed E-state index contributed by atoms with van der Waals surface area (Å²) in [6, 6.07) is 10.6. The number of carbonyl (C=O) groups is 1. The number of carbonyl (C=O) groups excluding carboxylic acids is 1. The first-order valence-electron chi connectivity index (χ1n) is 13.8. The van der Waals surface area contributed by atoms with Crippen molar-refractivity contribution in [2.24, 2.45) is 0 Å². The van der Waals surface area contributed by atoms with Gasteiger partial charge in [-0.25, -0.2) is 14.8 Å². The molecule has 4 fully saturated rings. The van der Waals surface area contributed by atoms with Crippen LogP contribution in [0, 0.1) is 0 Å². The van der Waals surface area contributed by atoms with Gasteiger partial charge in [-0.2, -0.15) is 0 Å². The van der Waals surface area contributed by atoms with E-state index < -0.39 is 5.60 Å². The van der Waals surface area contributed by atoms with E-state index in [0.717, 1.165) is 76.8 Å². The number of aromatic nitrogens is 2. The molecule has 198 valence electrons. The second-order valence-electron chi connectivity index (χ2n) is 11.4. The monoisotopic (exact) mass is 505 g/mol. The molecule has 37 heavy (non-hydrogen) atoms. The third-order valence-corrected chi connectivity index (χ3v) is 9.40. The molecule has 0 unspecified atom stereocenters. The summed E-state index contributed by atoms with van der Waals surface area (Å²) in [5.74, 6) is 0.714. The van der Waals surface area contributed by atoms with Gasteiger partial charge in [0.05, 0.1) is 42.3 Å². The standard InChI is InChI=1S/C28H39N7O2/c1-29-28(22-6-3-2-4-7-22)12-10-26(11-13-28)20-34(25(36)35(26)21-27(37)8-5-9-27)23-18-31-24(32-19-23)33-16-14-30-15-17-33/h2-4,6-7,18-19,29-30,37H,5,8-17,20-21H2,1H3/t26-,28+. The Labute approximate surface area is 219 Å². The molecule has 9 nitrogen and oxygen atoms in total. The van der Waals surface area contributed by atoms with Crippen molar-refractivity contribution in [2.45, 2.75) is 61.6 Å². The Kier molecular flexibility index (Phi) is 6.33. The summed E-state index contributed by atoms with van der Waals surface area (Å²) in [5.41, 5.74) is 0.859. The predicted octanol–water partition coefficient (Wildman–Crippen LogP) is 2.47. The minimum Gasteiger partial charge on any atom is -0.388 e. The zero-order chi connectivity index (χ0) is 25.5. The Hall–Kier alpha value is -2.75. The van der Waals surface area contributed by atoms with Crippen molar-refractivity contribution in [3.05, 3.63) is 48.3 Å². The number of amides is 2. The number of anilines is 2. The molecular formula is C28H39N7O2. The number of nitrogens with zero attached hydrogens (tertiary/aromatic N) is 5. The van der Waals surface area contributed by atoms with Crippen LogP contribution in [0.3, 0.4) is 0 Å². The molecule has 2 aromatic rings. The first kappa shape index (κ1) is 24.6. The maximum Gasteiger partial charge on any atom is 0.325 e. The van der Waals surface area contributed by atoms with Crippen LogP contribution in [0.1, 0.15) is 50.5 Å². The van der Waals surface area contributed by atoms with Crippen LogP contribution in [0.4, 0.5) is 16.4 Å². The van der Waals surface area contributed by atoms with E-state index >= 15 is 0 Å². The van der Waals surface area contributed by atoms with Crippen LogP contribution >= 0.6 is 0 Å². The third kappa shape index (κ3) is 4.36. The lowest BCUT2D eigenvalue weighted by molar-refractivity contribution is -0.0690. The maximum atomic E-state index is 13.9. The SMILES string of the molecule is CN[C@]1(c2ccccc2)CC[C@]2(CC1)CN(c1cnc(N3CCNCC3)nc1)C(=O)N2CC1(O)CCC1. The molecular weight excluding hydrogens is 466 g/mol. The number of piperazine rings is 1. The van der Waals surface area contributed by atoms with E-state index in [1.807, 2.05) is 16.8 Å². The van der Waals surface area contributed by atoms with Gasteiger partial charge in [0, 0.05) is 31.7 Å². The summed E-state index contributed by atoms with van der Waals surface area (Å²) in [6.07, 6.45) is 9.75. The molecule has 1 aromatic heterocycles. The van der Waals surface area contributed by atoms with E-state index in [4.69, 9.17) is 0 Å². The van der Waals surface area contributed by atoms with E-state index in [-0.39, 0.29) is 17.1 Å². The van der Waals surface area contributed by atoms with E-state index in [1.165, 1.54) is 5.56 Å². The number of hydrogen-bond donors (Lipinski definition) is 3. The number of urea groups is 1. The van der Waals surface area contributed by atoms with Gasteiger partial charge in [-0.15, -0.1) is 0 Å². The molecule has 9 heteroatoms. The van der Waals surface area contributed by atoms with Crippen LogP contribution in [0.2, 0.25) is 0 Å². The van der Waals surface area contributed by atoms with Gasteiger partial charge in [0.2, 0.25) is 5.95 Å². The van der Waals surface area contributed by atoms with Gasteiger partial charge in [-0.3, -0.25) is 4.90 Å². The van der Waals surface area contributed by atoms with Crippen LogP contribution in [0.5, 0.6) is 0 Å². The van der Waals surface area contributed by atoms with Gasteiger partial charge in [0.1, 0.15) is 0 Å². The Morgan fingerprint density at radius 1 is 1.00 bits per heavy atom. The van der Waals surface area contributed by atoms with Crippen molar-refractivity contribution in [1.82, 2.24) is 25.5 Å². The molecule has 2 aliphatic heterocycles. The average molecular weight is 506 g/mol. The van der Waals surface area contributed by atoms with Crippen LogP contribution in [-0.4, -0.2) is 83.5 Å². The van der Waals surface area contributed by atoms with E-state index in [2.05, 4.69) is 55.8 Å². The lowest BCUT2D eigenvalue weighted by Crippen LogP contribution is -2.59. The lowest BCUT2D eigenvalue weighted by atomic mass is 9.68. The van der Waals surface area contributed by atoms with Gasteiger partial charge in [0.15, 0.2) is 0 Å². The molecule has 2 saturated heterocycles. The second-order valence-corrected chi connectivity index (χ2v) is 11.4. The third-order valence-electron chi connectivity index (χ3n) is 9.40. The molecule has 6 rings (SSSR count). The highest BCUT2D eigenvalue weighted by molar-refractivity contribution is 5.95. The number of hydrogen-bond acceptors (Lipinski definition) is 7. The van der Waals surface area contributed by atoms with E-state index in [9.17, 15) is 9.90 Å². The van der Waals surface area contributed by atoms with E-state index in [1.54, 1.807) is 12.4 Å². The Morgan fingerprint density at radius 3 is 2.27 bits per heavy atom. The maximum absolute atomic E-state index is 13.9. The molecule has 3 heterocycles. The topological polar surface area (TPSA) is 96.9 Å². The highest BCUT2D eigenvalue weighted by atomic mass is 16.3. The fourth-order valence-corrected chi connectivity index (χ4v) is 6.76. The average Bonchev–Trinajstić information content (AvgIpc) is 3.20. The summed E-state index contributed by atoms with van der Waals surface area (Å²) in [5, 5.41) is 18.1. The first-order chi connectivity index (χ1) is 18.0. The number of aliphatic hydroxyl groups is 1. The van der Waals surface area contributed by atoms with Gasteiger partial charge in [0.25, 0.3) is 0 Å². The van der Waals surface area contributed by atoms with Crippen molar-refractivity contribution >= 4 is 17.7 Å². The molecule has 3 N–H and O–H groups in total. The zero-order valence-electron chi connectivity index (χ0n) is 21.8. The minimum atomic E-state index is -0.766. The molecule has 2 amide bonds. The van der Waals surface area contributed by atoms with Crippen molar-refractivity contribution in [3.63, 3.8) is 0 Å². The highest BCUT2D eigenvalue weighted by Crippen LogP contribution is 2.48. The fraction of sp³-hybridized carbons (Fsp3) is 0.607. The molecule has 0 bridgehead atoms. The highest BCUT2D eigenvalue weighted by Gasteiger charge is 2.56. The van der Waals surface area contributed by atoms with Gasteiger partial charge < -0.3 is 25.5 Å². The van der Waals surface area contributed by atoms with Crippen molar-refractivity contribution in [3.8, 4) is 0 Å². The van der Waals surface area contributed by atoms with Gasteiger partial charge in [-0.05, 0) is 57.6 Å². The number of nitrogens with one attached hydrogen (secondary N) is 2. The smallest absolute Gasteiger partial charge is 0.325 e. The number of rotatable bonds is 6. The molecule has 2 saturated carbocycles. The largest absolute Gasteiger partial charge is 0.388 e. The molecule has 1 spiro atoms. The summed E-state index contributed by atoms with van der Waals surface area (Å²) in [7, 11) is 2.04.